The van der Waals surface area contributed by atoms with Crippen molar-refractivity contribution in [3.8, 4) is 5.75 Å². The molecule has 0 aliphatic carbocycles. The van der Waals surface area contributed by atoms with E-state index in [-0.39, 0.29) is 12.1 Å². The van der Waals surface area contributed by atoms with Gasteiger partial charge in [0.1, 0.15) is 11.9 Å². The highest BCUT2D eigenvalue weighted by Gasteiger charge is 2.20. The Labute approximate surface area is 114 Å². The van der Waals surface area contributed by atoms with Crippen molar-refractivity contribution in [1.82, 2.24) is 4.98 Å². The zero-order valence-electron chi connectivity index (χ0n) is 11.4. The maximum Gasteiger partial charge on any atom is 0.140 e. The summed E-state index contributed by atoms with van der Waals surface area (Å²) in [6, 6.07) is 11.9. The van der Waals surface area contributed by atoms with Crippen LogP contribution in [0.4, 0.5) is 0 Å². The average Bonchev–Trinajstić information content (AvgIpc) is 2.47. The van der Waals surface area contributed by atoms with Crippen LogP contribution in [0.3, 0.4) is 0 Å². The van der Waals surface area contributed by atoms with Gasteiger partial charge in [0.25, 0.3) is 0 Å². The van der Waals surface area contributed by atoms with Gasteiger partial charge in [0.05, 0.1) is 0 Å². The quantitative estimate of drug-likeness (QED) is 0.893. The second-order valence-corrected chi connectivity index (χ2v) is 4.71. The predicted octanol–water partition coefficient (Wildman–Crippen LogP) is 3.25. The van der Waals surface area contributed by atoms with Crippen LogP contribution < -0.4 is 10.5 Å². The third-order valence-electron chi connectivity index (χ3n) is 3.16. The minimum Gasteiger partial charge on any atom is -0.484 e. The summed E-state index contributed by atoms with van der Waals surface area (Å²) < 4.78 is 6.04. The Morgan fingerprint density at radius 2 is 1.95 bits per heavy atom. The van der Waals surface area contributed by atoms with Crippen LogP contribution in [0.25, 0.3) is 0 Å². The molecule has 0 bridgehead atoms. The first-order valence-electron chi connectivity index (χ1n) is 6.59. The van der Waals surface area contributed by atoms with Crippen LogP contribution in [0, 0.1) is 6.92 Å². The van der Waals surface area contributed by atoms with E-state index in [0.29, 0.717) is 0 Å². The minimum absolute atomic E-state index is 0.0505. The topological polar surface area (TPSA) is 48.1 Å². The summed E-state index contributed by atoms with van der Waals surface area (Å²) in [5.41, 5.74) is 8.40. The van der Waals surface area contributed by atoms with Crippen molar-refractivity contribution in [2.45, 2.75) is 32.4 Å². The third-order valence-corrected chi connectivity index (χ3v) is 3.16. The van der Waals surface area contributed by atoms with Crippen molar-refractivity contribution < 1.29 is 4.74 Å². The van der Waals surface area contributed by atoms with Crippen LogP contribution >= 0.6 is 0 Å². The van der Waals surface area contributed by atoms with Gasteiger partial charge in [0.2, 0.25) is 0 Å². The number of nitrogens with zero attached hydrogens (tertiary/aromatic N) is 1. The first kappa shape index (κ1) is 13.6. The molecule has 0 saturated heterocycles. The second-order valence-electron chi connectivity index (χ2n) is 4.71. The SMILES string of the molecule is CCC(N)C(Oc1ccc(C)cc1)c1cccnc1. The Kier molecular flexibility index (Phi) is 4.53. The predicted molar refractivity (Wildman–Crippen MR) is 77.1 cm³/mol. The van der Waals surface area contributed by atoms with Gasteiger partial charge >= 0.3 is 0 Å². The lowest BCUT2D eigenvalue weighted by Crippen LogP contribution is -2.31. The molecule has 0 aliphatic rings. The number of aryl methyl sites for hydroxylation is 1. The fraction of sp³-hybridized carbons (Fsp3) is 0.312. The van der Waals surface area contributed by atoms with Crippen LogP contribution in [0.1, 0.15) is 30.6 Å². The van der Waals surface area contributed by atoms with E-state index in [1.54, 1.807) is 6.20 Å². The monoisotopic (exact) mass is 256 g/mol. The van der Waals surface area contributed by atoms with E-state index in [1.165, 1.54) is 5.56 Å². The molecule has 3 nitrogen and oxygen atoms in total. The molecule has 0 spiro atoms. The molecule has 0 radical (unpaired) electrons. The van der Waals surface area contributed by atoms with Crippen LogP contribution in [0.15, 0.2) is 48.8 Å². The first-order chi connectivity index (χ1) is 9.20. The van der Waals surface area contributed by atoms with Crippen LogP contribution in [0.5, 0.6) is 5.75 Å². The molecule has 3 heteroatoms. The lowest BCUT2D eigenvalue weighted by atomic mass is 10.0. The van der Waals surface area contributed by atoms with Gasteiger partial charge < -0.3 is 10.5 Å². The summed E-state index contributed by atoms with van der Waals surface area (Å²) in [4.78, 5) is 4.14. The summed E-state index contributed by atoms with van der Waals surface area (Å²) in [5.74, 6) is 0.836. The maximum atomic E-state index is 6.17. The van der Waals surface area contributed by atoms with E-state index >= 15 is 0 Å². The Morgan fingerprint density at radius 1 is 1.21 bits per heavy atom. The zero-order valence-corrected chi connectivity index (χ0v) is 11.4. The molecule has 1 heterocycles. The van der Waals surface area contributed by atoms with E-state index in [0.717, 1.165) is 17.7 Å². The van der Waals surface area contributed by atoms with Gasteiger partial charge in [-0.15, -0.1) is 0 Å². The summed E-state index contributed by atoms with van der Waals surface area (Å²) in [5, 5.41) is 0. The van der Waals surface area contributed by atoms with Crippen LogP contribution in [0.2, 0.25) is 0 Å². The number of aromatic nitrogens is 1. The van der Waals surface area contributed by atoms with Gasteiger partial charge in [-0.2, -0.15) is 0 Å². The van der Waals surface area contributed by atoms with Gasteiger partial charge in [-0.3, -0.25) is 4.98 Å². The number of pyridine rings is 1. The van der Waals surface area contributed by atoms with Crippen molar-refractivity contribution in [2.24, 2.45) is 5.73 Å². The van der Waals surface area contributed by atoms with Crippen molar-refractivity contribution >= 4 is 0 Å². The molecule has 0 saturated carbocycles. The second kappa shape index (κ2) is 6.34. The average molecular weight is 256 g/mol. The van der Waals surface area contributed by atoms with Gasteiger partial charge in [0, 0.05) is 24.0 Å². The number of hydrogen-bond acceptors (Lipinski definition) is 3. The minimum atomic E-state index is -0.165. The maximum absolute atomic E-state index is 6.17. The molecule has 0 fully saturated rings. The van der Waals surface area contributed by atoms with E-state index in [4.69, 9.17) is 10.5 Å². The third kappa shape index (κ3) is 3.55. The highest BCUT2D eigenvalue weighted by molar-refractivity contribution is 5.28. The summed E-state index contributed by atoms with van der Waals surface area (Å²) in [6.07, 6.45) is 4.25. The van der Waals surface area contributed by atoms with Crippen molar-refractivity contribution in [3.63, 3.8) is 0 Å². The summed E-state index contributed by atoms with van der Waals surface area (Å²) >= 11 is 0. The van der Waals surface area contributed by atoms with E-state index in [9.17, 15) is 0 Å². The number of ether oxygens (including phenoxy) is 1. The van der Waals surface area contributed by atoms with E-state index in [2.05, 4.69) is 18.8 Å². The van der Waals surface area contributed by atoms with Gasteiger partial charge in [-0.25, -0.2) is 0 Å². The Bertz CT molecular complexity index is 496. The summed E-state index contributed by atoms with van der Waals surface area (Å²) in [6.45, 7) is 4.12. The molecule has 2 N–H and O–H groups in total. The lowest BCUT2D eigenvalue weighted by Gasteiger charge is -2.24. The summed E-state index contributed by atoms with van der Waals surface area (Å²) in [7, 11) is 0. The molecule has 1 aromatic heterocycles. The van der Waals surface area contributed by atoms with Crippen molar-refractivity contribution in [3.05, 3.63) is 59.9 Å². The Balaban J connectivity index is 2.21. The molecule has 0 amide bonds. The Hall–Kier alpha value is -1.87. The number of hydrogen-bond donors (Lipinski definition) is 1. The normalized spacial score (nSPS) is 13.8. The highest BCUT2D eigenvalue weighted by atomic mass is 16.5. The lowest BCUT2D eigenvalue weighted by molar-refractivity contribution is 0.170. The molecule has 2 atom stereocenters. The molecule has 19 heavy (non-hydrogen) atoms. The smallest absolute Gasteiger partial charge is 0.140 e. The Morgan fingerprint density at radius 3 is 2.53 bits per heavy atom. The first-order valence-corrected chi connectivity index (χ1v) is 6.59. The van der Waals surface area contributed by atoms with Gasteiger partial charge in [-0.1, -0.05) is 30.7 Å². The van der Waals surface area contributed by atoms with Crippen LogP contribution in [-0.2, 0) is 0 Å². The standard InChI is InChI=1S/C16H20N2O/c1-3-15(17)16(13-5-4-10-18-11-13)19-14-8-6-12(2)7-9-14/h4-11,15-16H,3,17H2,1-2H3. The number of benzene rings is 1. The fourth-order valence-corrected chi connectivity index (χ4v) is 1.92. The van der Waals surface area contributed by atoms with E-state index < -0.39 is 0 Å². The molecule has 2 rings (SSSR count). The molecule has 100 valence electrons. The molecular weight excluding hydrogens is 236 g/mol. The largest absolute Gasteiger partial charge is 0.484 e. The van der Waals surface area contributed by atoms with Crippen molar-refractivity contribution in [1.29, 1.82) is 0 Å². The van der Waals surface area contributed by atoms with Gasteiger partial charge in [-0.05, 0) is 31.5 Å². The van der Waals surface area contributed by atoms with Gasteiger partial charge in [0.15, 0.2) is 0 Å². The molecular formula is C16H20N2O. The molecule has 2 aromatic rings. The molecule has 0 aliphatic heterocycles. The van der Waals surface area contributed by atoms with E-state index in [1.807, 2.05) is 42.6 Å². The number of rotatable bonds is 5. The number of nitrogens with two attached hydrogens (primary N) is 1. The fourth-order valence-electron chi connectivity index (χ4n) is 1.92. The highest BCUT2D eigenvalue weighted by Crippen LogP contribution is 2.25. The zero-order chi connectivity index (χ0) is 13.7. The molecule has 2 unspecified atom stereocenters. The van der Waals surface area contributed by atoms with Crippen LogP contribution in [-0.4, -0.2) is 11.0 Å². The van der Waals surface area contributed by atoms with Crippen molar-refractivity contribution in [2.75, 3.05) is 0 Å². The molecule has 1 aromatic carbocycles.